The number of nitro benzene ring substituents is 1. The minimum Gasteiger partial charge on any atom is -0.483 e. The van der Waals surface area contributed by atoms with Crippen LogP contribution < -0.4 is 10.1 Å². The van der Waals surface area contributed by atoms with Crippen LogP contribution >= 0.6 is 11.3 Å². The van der Waals surface area contributed by atoms with Crippen molar-refractivity contribution in [3.8, 4) is 17.0 Å². The fourth-order valence-electron chi connectivity index (χ4n) is 2.44. The van der Waals surface area contributed by atoms with Crippen molar-refractivity contribution in [2.75, 3.05) is 11.9 Å². The summed E-state index contributed by atoms with van der Waals surface area (Å²) in [6.45, 7) is 3.33. The third kappa shape index (κ3) is 4.48. The molecule has 0 aliphatic carbocycles. The van der Waals surface area contributed by atoms with Gasteiger partial charge in [-0.2, -0.15) is 0 Å². The number of amides is 1. The maximum Gasteiger partial charge on any atom is 0.276 e. The van der Waals surface area contributed by atoms with Gasteiger partial charge in [0.2, 0.25) is 0 Å². The Hall–Kier alpha value is -3.26. The van der Waals surface area contributed by atoms with Crippen molar-refractivity contribution in [2.24, 2.45) is 0 Å². The lowest BCUT2D eigenvalue weighted by atomic mass is 10.1. The highest BCUT2D eigenvalue weighted by atomic mass is 32.1. The van der Waals surface area contributed by atoms with Crippen LogP contribution in [0.4, 0.5) is 10.8 Å². The van der Waals surface area contributed by atoms with Gasteiger partial charge in [-0.05, 0) is 19.9 Å². The smallest absolute Gasteiger partial charge is 0.276 e. The van der Waals surface area contributed by atoms with Crippen LogP contribution in [-0.2, 0) is 4.79 Å². The van der Waals surface area contributed by atoms with Gasteiger partial charge in [0.15, 0.2) is 11.7 Å². The van der Waals surface area contributed by atoms with Gasteiger partial charge in [0.05, 0.1) is 16.2 Å². The van der Waals surface area contributed by atoms with Gasteiger partial charge in [-0.15, -0.1) is 11.3 Å². The van der Waals surface area contributed by atoms with E-state index in [0.717, 1.165) is 16.8 Å². The molecule has 8 heteroatoms. The molecule has 0 atom stereocenters. The molecule has 7 nitrogen and oxygen atoms in total. The van der Waals surface area contributed by atoms with Crippen LogP contribution in [0.5, 0.6) is 5.75 Å². The first-order valence-electron chi connectivity index (χ1n) is 8.13. The third-order valence-corrected chi connectivity index (χ3v) is 4.67. The van der Waals surface area contributed by atoms with Crippen LogP contribution in [0.3, 0.4) is 0 Å². The number of aryl methyl sites for hydroxylation is 1. The summed E-state index contributed by atoms with van der Waals surface area (Å²) in [4.78, 5) is 27.0. The Morgan fingerprint density at radius 2 is 1.96 bits per heavy atom. The summed E-state index contributed by atoms with van der Waals surface area (Å²) in [6, 6.07) is 12.5. The maximum absolute atomic E-state index is 12.1. The summed E-state index contributed by atoms with van der Waals surface area (Å²) in [7, 11) is 0. The fraction of sp³-hybridized carbons (Fsp3) is 0.158. The van der Waals surface area contributed by atoms with E-state index >= 15 is 0 Å². The van der Waals surface area contributed by atoms with Crippen molar-refractivity contribution in [1.82, 2.24) is 4.98 Å². The second-order valence-electron chi connectivity index (χ2n) is 5.90. The molecular formula is C19H17N3O4S. The number of nitrogens with zero attached hydrogens (tertiary/aromatic N) is 2. The van der Waals surface area contributed by atoms with Gasteiger partial charge in [0.1, 0.15) is 5.75 Å². The molecule has 3 aromatic rings. The van der Waals surface area contributed by atoms with E-state index in [0.29, 0.717) is 16.4 Å². The van der Waals surface area contributed by atoms with Crippen molar-refractivity contribution in [2.45, 2.75) is 13.8 Å². The molecule has 27 heavy (non-hydrogen) atoms. The Morgan fingerprint density at radius 3 is 2.67 bits per heavy atom. The van der Waals surface area contributed by atoms with Gasteiger partial charge in [-0.1, -0.05) is 35.9 Å². The predicted molar refractivity (Wildman–Crippen MR) is 104 cm³/mol. The molecule has 0 aliphatic rings. The number of benzene rings is 2. The van der Waals surface area contributed by atoms with Gasteiger partial charge in [-0.3, -0.25) is 20.2 Å². The molecule has 0 aliphatic heterocycles. The molecule has 0 bridgehead atoms. The van der Waals surface area contributed by atoms with Crippen molar-refractivity contribution < 1.29 is 14.5 Å². The number of aromatic nitrogens is 1. The molecule has 3 rings (SSSR count). The number of hydrogen-bond acceptors (Lipinski definition) is 6. The van der Waals surface area contributed by atoms with E-state index in [9.17, 15) is 14.9 Å². The molecular weight excluding hydrogens is 366 g/mol. The van der Waals surface area contributed by atoms with Crippen LogP contribution in [-0.4, -0.2) is 22.4 Å². The average molecular weight is 383 g/mol. The largest absolute Gasteiger partial charge is 0.483 e. The molecule has 0 saturated heterocycles. The minimum absolute atomic E-state index is 0.0458. The number of rotatable bonds is 6. The van der Waals surface area contributed by atoms with Gasteiger partial charge >= 0.3 is 0 Å². The summed E-state index contributed by atoms with van der Waals surface area (Å²) < 4.78 is 5.43. The highest BCUT2D eigenvalue weighted by molar-refractivity contribution is 7.14. The van der Waals surface area contributed by atoms with Gasteiger partial charge in [0.25, 0.3) is 11.6 Å². The number of hydrogen-bond donors (Lipinski definition) is 1. The average Bonchev–Trinajstić information content (AvgIpc) is 3.09. The molecule has 0 saturated carbocycles. The second-order valence-corrected chi connectivity index (χ2v) is 6.76. The molecule has 1 aromatic heterocycles. The van der Waals surface area contributed by atoms with Crippen LogP contribution in [0.15, 0.2) is 47.8 Å². The standard InChI is InChI=1S/C19H17N3O4S/c1-12-6-8-14(9-7-12)15-11-27-19(20-15)21-18(23)10-26-17-5-3-4-16(13(17)2)22(24)25/h3-9,11H,10H2,1-2H3,(H,20,21,23). The first-order valence-corrected chi connectivity index (χ1v) is 9.01. The Bertz CT molecular complexity index is 983. The second kappa shape index (κ2) is 7.96. The Morgan fingerprint density at radius 1 is 1.22 bits per heavy atom. The van der Waals surface area contributed by atoms with Crippen molar-refractivity contribution >= 4 is 28.1 Å². The number of ether oxygens (including phenoxy) is 1. The highest BCUT2D eigenvalue weighted by Gasteiger charge is 2.15. The predicted octanol–water partition coefficient (Wildman–Crippen LogP) is 4.35. The molecule has 1 heterocycles. The lowest BCUT2D eigenvalue weighted by molar-refractivity contribution is -0.385. The van der Waals surface area contributed by atoms with Crippen LogP contribution in [0, 0.1) is 24.0 Å². The zero-order chi connectivity index (χ0) is 19.4. The lowest BCUT2D eigenvalue weighted by Gasteiger charge is -2.08. The van der Waals surface area contributed by atoms with E-state index in [2.05, 4.69) is 10.3 Å². The maximum atomic E-state index is 12.1. The SMILES string of the molecule is Cc1ccc(-c2csc(NC(=O)COc3cccc([N+](=O)[O-])c3C)n2)cc1. The highest BCUT2D eigenvalue weighted by Crippen LogP contribution is 2.27. The summed E-state index contributed by atoms with van der Waals surface area (Å²) in [5.41, 5.74) is 3.25. The molecule has 1 amide bonds. The summed E-state index contributed by atoms with van der Waals surface area (Å²) in [6.07, 6.45) is 0. The summed E-state index contributed by atoms with van der Waals surface area (Å²) in [5, 5.41) is 16.0. The quantitative estimate of drug-likeness (QED) is 0.504. The monoisotopic (exact) mass is 383 g/mol. The lowest BCUT2D eigenvalue weighted by Crippen LogP contribution is -2.20. The topological polar surface area (TPSA) is 94.4 Å². The molecule has 2 aromatic carbocycles. The van der Waals surface area contributed by atoms with E-state index in [1.807, 2.05) is 36.6 Å². The van der Waals surface area contributed by atoms with E-state index in [1.54, 1.807) is 13.0 Å². The van der Waals surface area contributed by atoms with Crippen molar-refractivity contribution in [3.63, 3.8) is 0 Å². The fourth-order valence-corrected chi connectivity index (χ4v) is 3.18. The van der Waals surface area contributed by atoms with Crippen LogP contribution in [0.1, 0.15) is 11.1 Å². The van der Waals surface area contributed by atoms with Gasteiger partial charge in [0, 0.05) is 17.0 Å². The van der Waals surface area contributed by atoms with E-state index in [4.69, 9.17) is 4.74 Å². The molecule has 0 fully saturated rings. The Balaban J connectivity index is 1.61. The molecule has 0 radical (unpaired) electrons. The van der Waals surface area contributed by atoms with E-state index in [1.165, 1.54) is 23.5 Å². The van der Waals surface area contributed by atoms with E-state index in [-0.39, 0.29) is 18.2 Å². The van der Waals surface area contributed by atoms with Crippen LogP contribution in [0.2, 0.25) is 0 Å². The van der Waals surface area contributed by atoms with Crippen molar-refractivity contribution in [3.05, 3.63) is 69.1 Å². The molecule has 0 unspecified atom stereocenters. The zero-order valence-corrected chi connectivity index (χ0v) is 15.6. The number of nitrogens with one attached hydrogen (secondary N) is 1. The Kier molecular flexibility index (Phi) is 5.46. The number of thiazole rings is 1. The third-order valence-electron chi connectivity index (χ3n) is 3.91. The minimum atomic E-state index is -0.482. The molecule has 1 N–H and O–H groups in total. The number of nitro groups is 1. The number of carbonyl (C=O) groups excluding carboxylic acids is 1. The summed E-state index contributed by atoms with van der Waals surface area (Å²) in [5.74, 6) is -0.0791. The first kappa shape index (κ1) is 18.5. The van der Waals surface area contributed by atoms with Crippen molar-refractivity contribution in [1.29, 1.82) is 0 Å². The molecule has 138 valence electrons. The number of anilines is 1. The summed E-state index contributed by atoms with van der Waals surface area (Å²) >= 11 is 1.32. The normalized spacial score (nSPS) is 10.4. The number of carbonyl (C=O) groups is 1. The zero-order valence-electron chi connectivity index (χ0n) is 14.8. The van der Waals surface area contributed by atoms with Crippen LogP contribution in [0.25, 0.3) is 11.3 Å². The molecule has 0 spiro atoms. The van der Waals surface area contributed by atoms with E-state index < -0.39 is 4.92 Å². The van der Waals surface area contributed by atoms with Gasteiger partial charge < -0.3 is 4.74 Å². The first-order chi connectivity index (χ1) is 12.9. The van der Waals surface area contributed by atoms with Gasteiger partial charge in [-0.25, -0.2) is 4.98 Å². The Labute approximate surface area is 159 Å².